The Morgan fingerprint density at radius 2 is 1.93 bits per heavy atom. The summed E-state index contributed by atoms with van der Waals surface area (Å²) in [6.45, 7) is 2.13. The molecule has 0 radical (unpaired) electrons. The minimum atomic E-state index is 0.999. The van der Waals surface area contributed by atoms with E-state index in [1.165, 1.54) is 16.8 Å². The van der Waals surface area contributed by atoms with Crippen molar-refractivity contribution < 1.29 is 4.57 Å². The van der Waals surface area contributed by atoms with Gasteiger partial charge in [0, 0.05) is 12.1 Å². The number of nitrogens with zero attached hydrogens (tertiary/aromatic N) is 1. The molecule has 0 bridgehead atoms. The molecule has 15 heavy (non-hydrogen) atoms. The van der Waals surface area contributed by atoms with E-state index < -0.39 is 0 Å². The molecule has 0 saturated heterocycles. The summed E-state index contributed by atoms with van der Waals surface area (Å²) >= 11 is 0. The molecule has 0 amide bonds. The van der Waals surface area contributed by atoms with E-state index in [9.17, 15) is 0 Å². The maximum absolute atomic E-state index is 2.24. The lowest BCUT2D eigenvalue weighted by molar-refractivity contribution is -0.678. The molecule has 1 heteroatoms. The van der Waals surface area contributed by atoms with Crippen molar-refractivity contribution in [3.05, 3.63) is 65.5 Å². The van der Waals surface area contributed by atoms with Crippen LogP contribution in [0, 0.1) is 6.92 Å². The Morgan fingerprint density at radius 3 is 2.67 bits per heavy atom. The molecule has 76 valence electrons. The lowest BCUT2D eigenvalue weighted by atomic mass is 10.1. The van der Waals surface area contributed by atoms with Gasteiger partial charge >= 0.3 is 0 Å². The predicted molar refractivity (Wildman–Crippen MR) is 61.6 cm³/mol. The molecule has 0 aliphatic carbocycles. The Labute approximate surface area is 91.0 Å². The van der Waals surface area contributed by atoms with Crippen molar-refractivity contribution in [2.24, 2.45) is 7.05 Å². The Balaban J connectivity index is 2.26. The number of rotatable bonds is 2. The highest BCUT2D eigenvalue weighted by atomic mass is 14.9. The molecular weight excluding hydrogens is 182 g/mol. The van der Waals surface area contributed by atoms with Crippen LogP contribution in [0.1, 0.15) is 16.8 Å². The highest BCUT2D eigenvalue weighted by Crippen LogP contribution is 2.08. The summed E-state index contributed by atoms with van der Waals surface area (Å²) in [7, 11) is 2.09. The standard InChI is InChI=1S/C14H16N/c1-12-6-5-7-13(10-12)11-14-8-3-4-9-15(14)2/h3-10H,11H2,1-2H3/q+1. The second-order valence-electron chi connectivity index (χ2n) is 3.97. The van der Waals surface area contributed by atoms with Crippen LogP contribution in [0.2, 0.25) is 0 Å². The number of aryl methyl sites for hydroxylation is 2. The molecule has 1 aromatic carbocycles. The Bertz CT molecular complexity index is 460. The molecule has 2 aromatic rings. The van der Waals surface area contributed by atoms with Gasteiger partial charge in [0.2, 0.25) is 0 Å². The molecule has 0 N–H and O–H groups in total. The van der Waals surface area contributed by atoms with Gasteiger partial charge in [0.25, 0.3) is 0 Å². The SMILES string of the molecule is Cc1cccc(Cc2cccc[n+]2C)c1. The van der Waals surface area contributed by atoms with Gasteiger partial charge in [0.1, 0.15) is 7.05 Å². The fraction of sp³-hybridized carbons (Fsp3) is 0.214. The lowest BCUT2D eigenvalue weighted by Crippen LogP contribution is -2.32. The lowest BCUT2D eigenvalue weighted by Gasteiger charge is -2.01. The van der Waals surface area contributed by atoms with Crippen LogP contribution >= 0.6 is 0 Å². The summed E-state index contributed by atoms with van der Waals surface area (Å²) in [5, 5.41) is 0. The average Bonchev–Trinajstić information content (AvgIpc) is 2.22. The third-order valence-corrected chi connectivity index (χ3v) is 2.63. The summed E-state index contributed by atoms with van der Waals surface area (Å²) in [5.74, 6) is 0. The minimum Gasteiger partial charge on any atom is -0.205 e. The third-order valence-electron chi connectivity index (χ3n) is 2.63. The van der Waals surface area contributed by atoms with E-state index in [-0.39, 0.29) is 0 Å². The zero-order valence-electron chi connectivity index (χ0n) is 9.27. The van der Waals surface area contributed by atoms with E-state index in [1.54, 1.807) is 0 Å². The molecule has 1 heterocycles. The fourth-order valence-corrected chi connectivity index (χ4v) is 1.77. The molecule has 0 spiro atoms. The Hall–Kier alpha value is -1.63. The average molecular weight is 198 g/mol. The molecule has 0 aliphatic rings. The molecular formula is C14H16N+. The van der Waals surface area contributed by atoms with Gasteiger partial charge in [-0.2, -0.15) is 0 Å². The van der Waals surface area contributed by atoms with Crippen molar-refractivity contribution in [1.29, 1.82) is 0 Å². The van der Waals surface area contributed by atoms with Crippen molar-refractivity contribution in [3.8, 4) is 0 Å². The molecule has 0 atom stereocenters. The van der Waals surface area contributed by atoms with E-state index in [4.69, 9.17) is 0 Å². The molecule has 0 fully saturated rings. The van der Waals surface area contributed by atoms with Gasteiger partial charge in [0.05, 0.1) is 6.42 Å². The molecule has 0 unspecified atom stereocenters. The number of benzene rings is 1. The van der Waals surface area contributed by atoms with Crippen LogP contribution < -0.4 is 4.57 Å². The van der Waals surface area contributed by atoms with E-state index >= 15 is 0 Å². The predicted octanol–water partition coefficient (Wildman–Crippen LogP) is 2.41. The minimum absolute atomic E-state index is 0.999. The topological polar surface area (TPSA) is 3.88 Å². The number of aromatic nitrogens is 1. The van der Waals surface area contributed by atoms with Crippen LogP contribution in [0.25, 0.3) is 0 Å². The highest BCUT2D eigenvalue weighted by molar-refractivity contribution is 5.25. The van der Waals surface area contributed by atoms with E-state index in [2.05, 4.69) is 67.2 Å². The summed E-state index contributed by atoms with van der Waals surface area (Å²) in [4.78, 5) is 0. The van der Waals surface area contributed by atoms with Crippen molar-refractivity contribution in [2.75, 3.05) is 0 Å². The third kappa shape index (κ3) is 2.44. The fourth-order valence-electron chi connectivity index (χ4n) is 1.77. The van der Waals surface area contributed by atoms with E-state index in [1.807, 2.05) is 0 Å². The number of hydrogen-bond donors (Lipinski definition) is 0. The van der Waals surface area contributed by atoms with E-state index in [0.29, 0.717) is 0 Å². The summed E-state index contributed by atoms with van der Waals surface area (Å²) in [6, 6.07) is 15.0. The van der Waals surface area contributed by atoms with Crippen LogP contribution in [0.4, 0.5) is 0 Å². The summed E-state index contributed by atoms with van der Waals surface area (Å²) < 4.78 is 2.17. The molecule has 0 aliphatic heterocycles. The van der Waals surface area contributed by atoms with Crippen LogP contribution in [0.5, 0.6) is 0 Å². The molecule has 2 rings (SSSR count). The van der Waals surface area contributed by atoms with Gasteiger partial charge in [-0.3, -0.25) is 0 Å². The zero-order chi connectivity index (χ0) is 10.7. The van der Waals surface area contributed by atoms with Crippen molar-refractivity contribution in [2.45, 2.75) is 13.3 Å². The maximum Gasteiger partial charge on any atom is 0.185 e. The first-order valence-electron chi connectivity index (χ1n) is 5.25. The number of pyridine rings is 1. The van der Waals surface area contributed by atoms with Gasteiger partial charge in [-0.05, 0) is 12.5 Å². The Morgan fingerprint density at radius 1 is 1.07 bits per heavy atom. The zero-order valence-corrected chi connectivity index (χ0v) is 9.27. The van der Waals surface area contributed by atoms with Crippen molar-refractivity contribution in [1.82, 2.24) is 0 Å². The first-order valence-corrected chi connectivity index (χ1v) is 5.25. The van der Waals surface area contributed by atoms with Crippen LogP contribution in [-0.4, -0.2) is 0 Å². The van der Waals surface area contributed by atoms with Crippen LogP contribution in [0.3, 0.4) is 0 Å². The van der Waals surface area contributed by atoms with Crippen LogP contribution in [0.15, 0.2) is 48.7 Å². The van der Waals surface area contributed by atoms with E-state index in [0.717, 1.165) is 6.42 Å². The van der Waals surface area contributed by atoms with Gasteiger partial charge < -0.3 is 0 Å². The number of hydrogen-bond acceptors (Lipinski definition) is 0. The van der Waals surface area contributed by atoms with Gasteiger partial charge in [-0.1, -0.05) is 35.9 Å². The smallest absolute Gasteiger partial charge is 0.185 e. The molecule has 1 aromatic heterocycles. The van der Waals surface area contributed by atoms with Gasteiger partial charge in [-0.15, -0.1) is 0 Å². The Kier molecular flexibility index (Phi) is 2.82. The molecule has 1 nitrogen and oxygen atoms in total. The monoisotopic (exact) mass is 198 g/mol. The largest absolute Gasteiger partial charge is 0.205 e. The second kappa shape index (κ2) is 4.26. The normalized spacial score (nSPS) is 10.3. The molecule has 0 saturated carbocycles. The van der Waals surface area contributed by atoms with Crippen molar-refractivity contribution in [3.63, 3.8) is 0 Å². The van der Waals surface area contributed by atoms with Crippen molar-refractivity contribution >= 4 is 0 Å². The quantitative estimate of drug-likeness (QED) is 0.652. The second-order valence-corrected chi connectivity index (χ2v) is 3.97. The first kappa shape index (κ1) is 9.91. The summed E-state index contributed by atoms with van der Waals surface area (Å²) in [5.41, 5.74) is 4.03. The maximum atomic E-state index is 2.24. The first-order chi connectivity index (χ1) is 7.25. The highest BCUT2D eigenvalue weighted by Gasteiger charge is 2.05. The van der Waals surface area contributed by atoms with Gasteiger partial charge in [-0.25, -0.2) is 4.57 Å². The summed E-state index contributed by atoms with van der Waals surface area (Å²) in [6.07, 6.45) is 3.09. The van der Waals surface area contributed by atoms with Gasteiger partial charge in [0.15, 0.2) is 11.9 Å². The van der Waals surface area contributed by atoms with Crippen LogP contribution in [-0.2, 0) is 13.5 Å².